The lowest BCUT2D eigenvalue weighted by Crippen LogP contribution is -2.08. The topological polar surface area (TPSA) is 64.1 Å². The predicted molar refractivity (Wildman–Crippen MR) is 43.4 cm³/mol. The number of hydrazine groups is 1. The molecule has 54 valence electrons. The van der Waals surface area contributed by atoms with E-state index >= 15 is 0 Å². The van der Waals surface area contributed by atoms with Crippen LogP contribution in [0.4, 0.5) is 11.4 Å². The average molecular weight is 137 g/mol. The molecule has 0 aliphatic rings. The molecule has 0 unspecified atom stereocenters. The van der Waals surface area contributed by atoms with Crippen LogP contribution < -0.4 is 17.0 Å². The molecule has 0 saturated heterocycles. The fraction of sp³-hybridized carbons (Fsp3) is 0.143. The monoisotopic (exact) mass is 137 g/mol. The van der Waals surface area contributed by atoms with Gasteiger partial charge in [-0.2, -0.15) is 0 Å². The number of hydrogen-bond donors (Lipinski definition) is 3. The minimum absolute atomic E-state index is 0.760. The zero-order valence-corrected chi connectivity index (χ0v) is 5.89. The molecule has 0 aromatic heterocycles. The molecule has 1 aromatic carbocycles. The lowest BCUT2D eigenvalue weighted by atomic mass is 10.2. The van der Waals surface area contributed by atoms with Crippen molar-refractivity contribution in [2.75, 3.05) is 11.2 Å². The molecule has 5 N–H and O–H groups in total. The van der Waals surface area contributed by atoms with E-state index in [2.05, 4.69) is 5.43 Å². The number of hydrogen-bond acceptors (Lipinski definition) is 3. The fourth-order valence-electron chi connectivity index (χ4n) is 0.810. The molecule has 0 radical (unpaired) electrons. The van der Waals surface area contributed by atoms with E-state index in [1.807, 2.05) is 25.1 Å². The largest absolute Gasteiger partial charge is 0.398 e. The van der Waals surface area contributed by atoms with Crippen LogP contribution in [0.1, 0.15) is 5.56 Å². The Labute approximate surface area is 60.0 Å². The Morgan fingerprint density at radius 2 is 2.10 bits per heavy atom. The first-order valence-corrected chi connectivity index (χ1v) is 3.07. The van der Waals surface area contributed by atoms with Crippen LogP contribution in [-0.2, 0) is 0 Å². The fourth-order valence-corrected chi connectivity index (χ4v) is 0.810. The summed E-state index contributed by atoms with van der Waals surface area (Å²) in [6.07, 6.45) is 0. The Balaban J connectivity index is 3.14. The molecule has 0 atom stereocenters. The number of nitrogens with one attached hydrogen (secondary N) is 1. The van der Waals surface area contributed by atoms with E-state index in [9.17, 15) is 0 Å². The molecule has 0 heterocycles. The van der Waals surface area contributed by atoms with Gasteiger partial charge in [0.2, 0.25) is 0 Å². The summed E-state index contributed by atoms with van der Waals surface area (Å²) in [5.41, 5.74) is 10.8. The van der Waals surface area contributed by atoms with Crippen LogP contribution in [0.5, 0.6) is 0 Å². The summed E-state index contributed by atoms with van der Waals surface area (Å²) >= 11 is 0. The van der Waals surface area contributed by atoms with Crippen LogP contribution in [0, 0.1) is 6.92 Å². The molecule has 0 aliphatic heterocycles. The van der Waals surface area contributed by atoms with Crippen LogP contribution in [0.15, 0.2) is 18.2 Å². The van der Waals surface area contributed by atoms with Gasteiger partial charge in [-0.05, 0) is 24.6 Å². The quantitative estimate of drug-likeness (QED) is 0.305. The van der Waals surface area contributed by atoms with Gasteiger partial charge in [0.1, 0.15) is 0 Å². The smallest absolute Gasteiger partial charge is 0.0534 e. The van der Waals surface area contributed by atoms with Crippen LogP contribution in [0.25, 0.3) is 0 Å². The first kappa shape index (κ1) is 6.89. The number of rotatable bonds is 1. The molecule has 3 nitrogen and oxygen atoms in total. The molecule has 0 spiro atoms. The van der Waals surface area contributed by atoms with Gasteiger partial charge < -0.3 is 11.2 Å². The predicted octanol–water partition coefficient (Wildman–Crippen LogP) is 0.863. The summed E-state index contributed by atoms with van der Waals surface area (Å²) in [4.78, 5) is 0. The second-order valence-corrected chi connectivity index (χ2v) is 2.16. The van der Waals surface area contributed by atoms with Gasteiger partial charge in [-0.15, -0.1) is 0 Å². The van der Waals surface area contributed by atoms with Gasteiger partial charge in [-0.1, -0.05) is 6.07 Å². The molecule has 0 amide bonds. The van der Waals surface area contributed by atoms with Crippen molar-refractivity contribution in [2.24, 2.45) is 5.84 Å². The maximum atomic E-state index is 5.60. The maximum absolute atomic E-state index is 5.60. The minimum atomic E-state index is 0.760. The van der Waals surface area contributed by atoms with Crippen LogP contribution in [0.2, 0.25) is 0 Å². The molecular weight excluding hydrogens is 126 g/mol. The van der Waals surface area contributed by atoms with Crippen molar-refractivity contribution in [3.8, 4) is 0 Å². The third-order valence-electron chi connectivity index (χ3n) is 1.53. The Kier molecular flexibility index (Phi) is 1.78. The highest BCUT2D eigenvalue weighted by atomic mass is 15.2. The van der Waals surface area contributed by atoms with E-state index in [4.69, 9.17) is 11.6 Å². The van der Waals surface area contributed by atoms with Gasteiger partial charge in [0.15, 0.2) is 0 Å². The van der Waals surface area contributed by atoms with Gasteiger partial charge in [0, 0.05) is 5.69 Å². The Morgan fingerprint density at radius 1 is 1.40 bits per heavy atom. The van der Waals surface area contributed by atoms with Gasteiger partial charge >= 0.3 is 0 Å². The minimum Gasteiger partial charge on any atom is -0.398 e. The highest BCUT2D eigenvalue weighted by Gasteiger charge is 1.96. The Morgan fingerprint density at radius 3 is 2.60 bits per heavy atom. The lowest BCUT2D eigenvalue weighted by Gasteiger charge is -2.05. The van der Waals surface area contributed by atoms with Crippen molar-refractivity contribution in [2.45, 2.75) is 6.92 Å². The zero-order valence-electron chi connectivity index (χ0n) is 5.89. The molecular formula is C7H11N3. The van der Waals surface area contributed by atoms with Crippen molar-refractivity contribution in [1.29, 1.82) is 0 Å². The van der Waals surface area contributed by atoms with E-state index in [1.165, 1.54) is 0 Å². The molecule has 0 bridgehead atoms. The highest BCUT2D eigenvalue weighted by molar-refractivity contribution is 5.62. The Bertz CT molecular complexity index is 232. The van der Waals surface area contributed by atoms with Crippen molar-refractivity contribution in [3.63, 3.8) is 0 Å². The summed E-state index contributed by atoms with van der Waals surface area (Å²) in [7, 11) is 0. The van der Waals surface area contributed by atoms with Gasteiger partial charge in [0.25, 0.3) is 0 Å². The molecule has 0 fully saturated rings. The number of nitrogen functional groups attached to an aromatic ring is 2. The molecule has 1 rings (SSSR count). The van der Waals surface area contributed by atoms with E-state index in [1.54, 1.807) is 0 Å². The van der Waals surface area contributed by atoms with Crippen molar-refractivity contribution < 1.29 is 0 Å². The van der Waals surface area contributed by atoms with E-state index in [-0.39, 0.29) is 0 Å². The summed E-state index contributed by atoms with van der Waals surface area (Å²) in [6.45, 7) is 1.92. The third kappa shape index (κ3) is 1.04. The van der Waals surface area contributed by atoms with E-state index in [0.29, 0.717) is 0 Å². The zero-order chi connectivity index (χ0) is 7.56. The normalized spacial score (nSPS) is 9.40. The van der Waals surface area contributed by atoms with Crippen molar-refractivity contribution in [3.05, 3.63) is 23.8 Å². The SMILES string of the molecule is Cc1c(N)cccc1NN. The second kappa shape index (κ2) is 2.58. The second-order valence-electron chi connectivity index (χ2n) is 2.16. The molecule has 0 saturated carbocycles. The first-order valence-electron chi connectivity index (χ1n) is 3.07. The molecule has 1 aromatic rings. The number of anilines is 2. The average Bonchev–Trinajstić information content (AvgIpc) is 1.95. The standard InChI is InChI=1S/C7H11N3/c1-5-6(8)3-2-4-7(5)10-9/h2-4,10H,8-9H2,1H3. The summed E-state index contributed by atoms with van der Waals surface area (Å²) < 4.78 is 0. The third-order valence-corrected chi connectivity index (χ3v) is 1.53. The van der Waals surface area contributed by atoms with Crippen LogP contribution >= 0.6 is 0 Å². The number of nitrogens with two attached hydrogens (primary N) is 2. The Hall–Kier alpha value is -1.22. The number of benzene rings is 1. The van der Waals surface area contributed by atoms with Crippen molar-refractivity contribution >= 4 is 11.4 Å². The van der Waals surface area contributed by atoms with E-state index in [0.717, 1.165) is 16.9 Å². The summed E-state index contributed by atoms with van der Waals surface area (Å²) in [6, 6.07) is 5.58. The van der Waals surface area contributed by atoms with Crippen molar-refractivity contribution in [1.82, 2.24) is 0 Å². The first-order chi connectivity index (χ1) is 4.75. The molecule has 3 heteroatoms. The van der Waals surface area contributed by atoms with Crippen LogP contribution in [0.3, 0.4) is 0 Å². The molecule has 10 heavy (non-hydrogen) atoms. The maximum Gasteiger partial charge on any atom is 0.0534 e. The lowest BCUT2D eigenvalue weighted by molar-refractivity contribution is 1.31. The van der Waals surface area contributed by atoms with Crippen LogP contribution in [-0.4, -0.2) is 0 Å². The summed E-state index contributed by atoms with van der Waals surface area (Å²) in [5, 5.41) is 0. The van der Waals surface area contributed by atoms with Gasteiger partial charge in [0.05, 0.1) is 5.69 Å². The highest BCUT2D eigenvalue weighted by Crippen LogP contribution is 2.18. The molecule has 0 aliphatic carbocycles. The van der Waals surface area contributed by atoms with Gasteiger partial charge in [-0.3, -0.25) is 5.84 Å². The summed E-state index contributed by atoms with van der Waals surface area (Å²) in [5.74, 6) is 5.21. The van der Waals surface area contributed by atoms with E-state index < -0.39 is 0 Å². The van der Waals surface area contributed by atoms with Gasteiger partial charge in [-0.25, -0.2) is 0 Å².